The molecule has 0 aliphatic rings. The van der Waals surface area contributed by atoms with Crippen molar-refractivity contribution in [2.45, 2.75) is 0 Å². The van der Waals surface area contributed by atoms with E-state index in [4.69, 9.17) is 19.9 Å². The van der Waals surface area contributed by atoms with E-state index < -0.39 is 7.14 Å². The molecule has 10 aromatic rings. The molecule has 0 atom stereocenters. The molecular weight excluding hydrogens is 853 g/mol. The molecule has 3 heterocycles. The van der Waals surface area contributed by atoms with Gasteiger partial charge in [0.25, 0.3) is 0 Å². The molecular formula is C48H30Br2N5OP. The van der Waals surface area contributed by atoms with Crippen molar-refractivity contribution in [1.29, 1.82) is 0 Å². The summed E-state index contributed by atoms with van der Waals surface area (Å²) in [4.78, 5) is 22.5. The van der Waals surface area contributed by atoms with Gasteiger partial charge in [-0.2, -0.15) is 0 Å². The Kier molecular flexibility index (Phi) is 8.98. The van der Waals surface area contributed by atoms with Crippen LogP contribution in [0, 0.1) is 0 Å². The number of rotatable bonds is 7. The number of fused-ring (bicyclic) bond motifs is 7. The Balaban J connectivity index is 1.26. The Hall–Kier alpha value is -6.05. The molecule has 7 aromatic carbocycles. The third-order valence-electron chi connectivity index (χ3n) is 10.3. The highest BCUT2D eigenvalue weighted by Gasteiger charge is 2.33. The molecule has 272 valence electrons. The lowest BCUT2D eigenvalue weighted by Crippen LogP contribution is -2.26. The van der Waals surface area contributed by atoms with Crippen LogP contribution < -0.4 is 20.8 Å². The second kappa shape index (κ2) is 14.5. The molecule has 0 radical (unpaired) electrons. The molecule has 6 nitrogen and oxygen atoms in total. The molecule has 0 spiro atoms. The SMILES string of the molecule is O=P(c1ccccc1)(c1ccccc1)c1cc2nc3c4cc(Br)cnc4c4ncc(Br)cc4c3nc2cc1-c1ccc(N(c2ccccc2)c2ccccc2)cc1. The molecule has 0 unspecified atom stereocenters. The minimum Gasteiger partial charge on any atom is -0.311 e. The third kappa shape index (κ3) is 6.21. The van der Waals surface area contributed by atoms with Gasteiger partial charge in [0.15, 0.2) is 7.14 Å². The van der Waals surface area contributed by atoms with E-state index in [9.17, 15) is 0 Å². The highest BCUT2D eigenvalue weighted by atomic mass is 79.9. The maximum Gasteiger partial charge on any atom is 0.171 e. The van der Waals surface area contributed by atoms with E-state index in [1.807, 2.05) is 115 Å². The highest BCUT2D eigenvalue weighted by molar-refractivity contribution is 9.10. The Morgan fingerprint density at radius 3 is 1.35 bits per heavy atom. The molecule has 3 aromatic heterocycles. The first-order valence-electron chi connectivity index (χ1n) is 18.4. The fraction of sp³-hybridized carbons (Fsp3) is 0. The molecule has 0 aliphatic carbocycles. The lowest BCUT2D eigenvalue weighted by Gasteiger charge is -2.26. The molecule has 10 rings (SSSR count). The van der Waals surface area contributed by atoms with E-state index in [2.05, 4.69) is 91.4 Å². The molecule has 0 bridgehead atoms. The smallest absolute Gasteiger partial charge is 0.171 e. The Bertz CT molecular complexity index is 3090. The van der Waals surface area contributed by atoms with Crippen molar-refractivity contribution < 1.29 is 4.57 Å². The van der Waals surface area contributed by atoms with Gasteiger partial charge in [0, 0.05) is 65.1 Å². The van der Waals surface area contributed by atoms with Crippen molar-refractivity contribution >= 4 is 116 Å². The standard InChI is InChI=1S/C48H30Br2N5OP/c49-32-25-40-45(51-29-32)46-41(26-33(50)30-52-46)48-47(40)53-42-27-39(31-21-23-36(24-22-31)55(34-13-5-1-6-14-34)35-15-7-2-8-16-35)44(28-43(42)54-48)57(56,37-17-9-3-10-18-37)38-19-11-4-12-20-38/h1-30H. The predicted octanol–water partition coefficient (Wildman–Crippen LogP) is 12.2. The Morgan fingerprint density at radius 2 is 0.877 bits per heavy atom. The van der Waals surface area contributed by atoms with Gasteiger partial charge in [-0.15, -0.1) is 0 Å². The molecule has 0 saturated carbocycles. The van der Waals surface area contributed by atoms with Gasteiger partial charge in [-0.1, -0.05) is 109 Å². The number of benzene rings is 7. The largest absolute Gasteiger partial charge is 0.311 e. The molecule has 0 saturated heterocycles. The maximum absolute atomic E-state index is 16.2. The van der Waals surface area contributed by atoms with Crippen molar-refractivity contribution in [2.24, 2.45) is 0 Å². The number of nitrogens with zero attached hydrogens (tertiary/aromatic N) is 5. The molecule has 0 fully saturated rings. The second-order valence-electron chi connectivity index (χ2n) is 13.7. The summed E-state index contributed by atoms with van der Waals surface area (Å²) in [5, 5.41) is 3.83. The summed E-state index contributed by atoms with van der Waals surface area (Å²) in [6.07, 6.45) is 3.55. The van der Waals surface area contributed by atoms with Gasteiger partial charge in [-0.25, -0.2) is 9.97 Å². The summed E-state index contributed by atoms with van der Waals surface area (Å²) in [7, 11) is -3.49. The van der Waals surface area contributed by atoms with Crippen molar-refractivity contribution in [3.63, 3.8) is 0 Å². The van der Waals surface area contributed by atoms with Crippen molar-refractivity contribution in [3.8, 4) is 11.1 Å². The highest BCUT2D eigenvalue weighted by Crippen LogP contribution is 2.47. The van der Waals surface area contributed by atoms with E-state index in [0.29, 0.717) is 27.4 Å². The number of hydrogen-bond acceptors (Lipinski definition) is 6. The zero-order valence-electron chi connectivity index (χ0n) is 30.2. The van der Waals surface area contributed by atoms with Gasteiger partial charge in [0.1, 0.15) is 0 Å². The number of halogens is 2. The van der Waals surface area contributed by atoms with E-state index in [1.165, 1.54) is 0 Å². The van der Waals surface area contributed by atoms with Gasteiger partial charge in [-0.05, 0) is 104 Å². The number of anilines is 3. The molecule has 57 heavy (non-hydrogen) atoms. The summed E-state index contributed by atoms with van der Waals surface area (Å²) in [5.41, 5.74) is 9.01. The summed E-state index contributed by atoms with van der Waals surface area (Å²) < 4.78 is 17.9. The Labute approximate surface area is 345 Å². The van der Waals surface area contributed by atoms with Gasteiger partial charge in [0.2, 0.25) is 0 Å². The zero-order chi connectivity index (χ0) is 38.5. The summed E-state index contributed by atoms with van der Waals surface area (Å²) in [6.45, 7) is 0. The molecule has 9 heteroatoms. The number of pyridine rings is 2. The van der Waals surface area contributed by atoms with Crippen LogP contribution in [-0.2, 0) is 4.57 Å². The van der Waals surface area contributed by atoms with Crippen LogP contribution in [0.15, 0.2) is 191 Å². The minimum absolute atomic E-state index is 0.632. The topological polar surface area (TPSA) is 71.9 Å². The maximum atomic E-state index is 16.2. The summed E-state index contributed by atoms with van der Waals surface area (Å²) >= 11 is 7.26. The van der Waals surface area contributed by atoms with Crippen LogP contribution in [0.25, 0.3) is 55.0 Å². The lowest BCUT2D eigenvalue weighted by atomic mass is 10.0. The Morgan fingerprint density at radius 1 is 0.456 bits per heavy atom. The average molecular weight is 884 g/mol. The zero-order valence-corrected chi connectivity index (χ0v) is 34.2. The van der Waals surface area contributed by atoms with E-state index in [1.54, 1.807) is 12.4 Å². The molecule has 0 aliphatic heterocycles. The van der Waals surface area contributed by atoms with Crippen molar-refractivity contribution in [3.05, 3.63) is 191 Å². The first kappa shape index (κ1) is 35.4. The first-order valence-corrected chi connectivity index (χ1v) is 21.7. The quantitative estimate of drug-likeness (QED) is 0.0902. The van der Waals surface area contributed by atoms with E-state index >= 15 is 4.57 Å². The second-order valence-corrected chi connectivity index (χ2v) is 18.3. The number of aromatic nitrogens is 4. The fourth-order valence-corrected chi connectivity index (χ4v) is 11.2. The van der Waals surface area contributed by atoms with E-state index in [-0.39, 0.29) is 0 Å². The van der Waals surface area contributed by atoms with Gasteiger partial charge in [-0.3, -0.25) is 9.97 Å². The average Bonchev–Trinajstić information content (AvgIpc) is 3.27. The van der Waals surface area contributed by atoms with Crippen molar-refractivity contribution in [2.75, 3.05) is 4.90 Å². The molecule has 0 amide bonds. The first-order chi connectivity index (χ1) is 28.0. The van der Waals surface area contributed by atoms with Gasteiger partial charge < -0.3 is 9.46 Å². The normalized spacial score (nSPS) is 11.8. The monoisotopic (exact) mass is 881 g/mol. The van der Waals surface area contributed by atoms with Gasteiger partial charge >= 0.3 is 0 Å². The summed E-state index contributed by atoms with van der Waals surface area (Å²) in [6, 6.07) is 56.8. The van der Waals surface area contributed by atoms with Crippen LogP contribution in [0.1, 0.15) is 0 Å². The minimum atomic E-state index is -3.49. The van der Waals surface area contributed by atoms with Crippen LogP contribution in [0.2, 0.25) is 0 Å². The van der Waals surface area contributed by atoms with Crippen LogP contribution in [0.5, 0.6) is 0 Å². The third-order valence-corrected chi connectivity index (χ3v) is 14.2. The van der Waals surface area contributed by atoms with Crippen LogP contribution in [0.4, 0.5) is 17.1 Å². The number of hydrogen-bond donors (Lipinski definition) is 0. The predicted molar refractivity (Wildman–Crippen MR) is 243 cm³/mol. The van der Waals surface area contributed by atoms with Crippen molar-refractivity contribution in [1.82, 2.24) is 19.9 Å². The van der Waals surface area contributed by atoms with Gasteiger partial charge in [0.05, 0.1) is 33.1 Å². The summed E-state index contributed by atoms with van der Waals surface area (Å²) in [5.74, 6) is 0. The van der Waals surface area contributed by atoms with Crippen LogP contribution in [0.3, 0.4) is 0 Å². The van der Waals surface area contributed by atoms with Crippen LogP contribution in [-0.4, -0.2) is 19.9 Å². The molecule has 0 N–H and O–H groups in total. The fourth-order valence-electron chi connectivity index (χ4n) is 7.67. The number of para-hydroxylation sites is 2. The van der Waals surface area contributed by atoms with Crippen LogP contribution >= 0.6 is 39.0 Å². The lowest BCUT2D eigenvalue weighted by molar-refractivity contribution is 0.592. The van der Waals surface area contributed by atoms with E-state index in [0.717, 1.165) is 69.5 Å².